The van der Waals surface area contributed by atoms with Crippen molar-refractivity contribution in [3.05, 3.63) is 0 Å². The Hall–Kier alpha value is -0.0800. The van der Waals surface area contributed by atoms with Crippen LogP contribution in [0.15, 0.2) is 0 Å². The smallest absolute Gasteiger partial charge is 0.00949 e. The lowest BCUT2D eigenvalue weighted by Gasteiger charge is -2.31. The molecular weight excluding hydrogens is 172 g/mol. The van der Waals surface area contributed by atoms with E-state index < -0.39 is 0 Å². The Morgan fingerprint density at radius 2 is 2.00 bits per heavy atom. The van der Waals surface area contributed by atoms with Crippen LogP contribution in [0.5, 0.6) is 0 Å². The van der Waals surface area contributed by atoms with Gasteiger partial charge in [-0.05, 0) is 66.1 Å². The highest BCUT2D eigenvalue weighted by Gasteiger charge is 2.31. The van der Waals surface area contributed by atoms with E-state index in [1.54, 1.807) is 0 Å². The lowest BCUT2D eigenvalue weighted by Crippen LogP contribution is -2.38. The molecule has 1 aliphatic rings. The summed E-state index contributed by atoms with van der Waals surface area (Å²) in [5.41, 5.74) is 0. The fourth-order valence-electron chi connectivity index (χ4n) is 2.09. The van der Waals surface area contributed by atoms with E-state index in [2.05, 4.69) is 31.1 Å². The van der Waals surface area contributed by atoms with Crippen LogP contribution in [0.3, 0.4) is 0 Å². The molecule has 2 nitrogen and oxygen atoms in total. The Labute approximate surface area is 89.1 Å². The van der Waals surface area contributed by atoms with Crippen LogP contribution in [0.1, 0.15) is 39.5 Å². The van der Waals surface area contributed by atoms with Crippen LogP contribution in [0.25, 0.3) is 0 Å². The molecule has 84 valence electrons. The first-order valence-corrected chi connectivity index (χ1v) is 6.03. The minimum absolute atomic E-state index is 0.735. The van der Waals surface area contributed by atoms with Crippen LogP contribution >= 0.6 is 0 Å². The van der Waals surface area contributed by atoms with Gasteiger partial charge in [0, 0.05) is 12.1 Å². The third kappa shape index (κ3) is 3.58. The van der Waals surface area contributed by atoms with E-state index in [1.165, 1.54) is 25.7 Å². The first-order chi connectivity index (χ1) is 6.66. The largest absolute Gasteiger partial charge is 0.320 e. The molecule has 0 bridgehead atoms. The monoisotopic (exact) mass is 198 g/mol. The van der Waals surface area contributed by atoms with Crippen molar-refractivity contribution < 1.29 is 0 Å². The molecule has 1 rings (SSSR count). The highest BCUT2D eigenvalue weighted by molar-refractivity contribution is 4.85. The van der Waals surface area contributed by atoms with Gasteiger partial charge in [0.05, 0.1) is 0 Å². The Balaban J connectivity index is 2.17. The van der Waals surface area contributed by atoms with Gasteiger partial charge >= 0.3 is 0 Å². The predicted molar refractivity (Wildman–Crippen MR) is 62.6 cm³/mol. The zero-order valence-corrected chi connectivity index (χ0v) is 10.2. The average Bonchev–Trinajstić information content (AvgIpc) is 2.99. The van der Waals surface area contributed by atoms with Gasteiger partial charge in [0.2, 0.25) is 0 Å². The molecule has 14 heavy (non-hydrogen) atoms. The quantitative estimate of drug-likeness (QED) is 0.630. The lowest BCUT2D eigenvalue weighted by atomic mass is 10.1. The Morgan fingerprint density at radius 1 is 1.36 bits per heavy atom. The van der Waals surface area contributed by atoms with Crippen LogP contribution in [-0.2, 0) is 0 Å². The maximum absolute atomic E-state index is 3.21. The zero-order valence-electron chi connectivity index (χ0n) is 10.2. The highest BCUT2D eigenvalue weighted by Crippen LogP contribution is 2.35. The van der Waals surface area contributed by atoms with E-state index in [1.807, 2.05) is 7.05 Å². The van der Waals surface area contributed by atoms with E-state index in [0.717, 1.165) is 24.5 Å². The van der Waals surface area contributed by atoms with Gasteiger partial charge in [0.25, 0.3) is 0 Å². The van der Waals surface area contributed by atoms with Crippen LogP contribution in [0.2, 0.25) is 0 Å². The molecule has 0 aromatic heterocycles. The molecule has 0 amide bonds. The van der Waals surface area contributed by atoms with Gasteiger partial charge < -0.3 is 10.2 Å². The molecule has 0 aromatic rings. The molecule has 0 aliphatic heterocycles. The molecular formula is C12H26N2. The fraction of sp³-hybridized carbons (Fsp3) is 1.00. The molecule has 1 aliphatic carbocycles. The molecule has 1 N–H and O–H groups in total. The zero-order chi connectivity index (χ0) is 10.6. The Bertz CT molecular complexity index is 154. The summed E-state index contributed by atoms with van der Waals surface area (Å²) in [4.78, 5) is 2.56. The number of hydrogen-bond acceptors (Lipinski definition) is 2. The molecule has 0 radical (unpaired) electrons. The van der Waals surface area contributed by atoms with Crippen LogP contribution in [0.4, 0.5) is 0 Å². The Morgan fingerprint density at radius 3 is 2.50 bits per heavy atom. The molecule has 1 saturated carbocycles. The van der Waals surface area contributed by atoms with Gasteiger partial charge in [0.15, 0.2) is 0 Å². The molecule has 1 fully saturated rings. The second kappa shape index (κ2) is 5.72. The SMILES string of the molecule is CNCCCC(C)N(C)C(C)C1CC1. The molecule has 0 spiro atoms. The first-order valence-electron chi connectivity index (χ1n) is 6.03. The lowest BCUT2D eigenvalue weighted by molar-refractivity contribution is 0.168. The minimum Gasteiger partial charge on any atom is -0.320 e. The van der Waals surface area contributed by atoms with Gasteiger partial charge in [-0.15, -0.1) is 0 Å². The van der Waals surface area contributed by atoms with E-state index in [4.69, 9.17) is 0 Å². The molecule has 0 heterocycles. The number of nitrogens with zero attached hydrogens (tertiary/aromatic N) is 1. The number of nitrogens with one attached hydrogen (secondary N) is 1. The molecule has 0 aromatic carbocycles. The minimum atomic E-state index is 0.735. The number of hydrogen-bond donors (Lipinski definition) is 1. The average molecular weight is 198 g/mol. The van der Waals surface area contributed by atoms with E-state index in [0.29, 0.717) is 0 Å². The van der Waals surface area contributed by atoms with E-state index >= 15 is 0 Å². The van der Waals surface area contributed by atoms with Crippen molar-refractivity contribution in [1.82, 2.24) is 10.2 Å². The van der Waals surface area contributed by atoms with Crippen LogP contribution in [-0.4, -0.2) is 37.6 Å². The topological polar surface area (TPSA) is 15.3 Å². The normalized spacial score (nSPS) is 21.2. The van der Waals surface area contributed by atoms with E-state index in [9.17, 15) is 0 Å². The molecule has 2 unspecified atom stereocenters. The van der Waals surface area contributed by atoms with Crippen molar-refractivity contribution in [3.63, 3.8) is 0 Å². The third-order valence-corrected chi connectivity index (χ3v) is 3.69. The summed E-state index contributed by atoms with van der Waals surface area (Å²) >= 11 is 0. The molecule has 0 saturated heterocycles. The van der Waals surface area contributed by atoms with Crippen molar-refractivity contribution in [2.75, 3.05) is 20.6 Å². The van der Waals surface area contributed by atoms with Gasteiger partial charge in [0.1, 0.15) is 0 Å². The summed E-state index contributed by atoms with van der Waals surface area (Å²) in [5, 5.41) is 3.21. The maximum atomic E-state index is 3.21. The second-order valence-corrected chi connectivity index (χ2v) is 4.84. The van der Waals surface area contributed by atoms with Crippen LogP contribution < -0.4 is 5.32 Å². The first kappa shape index (κ1) is 12.0. The maximum Gasteiger partial charge on any atom is 0.00949 e. The van der Waals surface area contributed by atoms with Crippen LogP contribution in [0, 0.1) is 5.92 Å². The van der Waals surface area contributed by atoms with Crippen molar-refractivity contribution in [1.29, 1.82) is 0 Å². The van der Waals surface area contributed by atoms with Crippen molar-refractivity contribution in [2.24, 2.45) is 5.92 Å². The highest BCUT2D eigenvalue weighted by atomic mass is 15.2. The van der Waals surface area contributed by atoms with Crippen molar-refractivity contribution in [2.45, 2.75) is 51.6 Å². The van der Waals surface area contributed by atoms with E-state index in [-0.39, 0.29) is 0 Å². The fourth-order valence-corrected chi connectivity index (χ4v) is 2.09. The van der Waals surface area contributed by atoms with Gasteiger partial charge in [-0.25, -0.2) is 0 Å². The summed E-state index contributed by atoms with van der Waals surface area (Å²) in [6.07, 6.45) is 5.51. The standard InChI is InChI=1S/C12H26N2/c1-10(6-5-9-13-3)14(4)11(2)12-7-8-12/h10-13H,5-9H2,1-4H3. The van der Waals surface area contributed by atoms with Gasteiger partial charge in [-0.2, -0.15) is 0 Å². The third-order valence-electron chi connectivity index (χ3n) is 3.69. The summed E-state index contributed by atoms with van der Waals surface area (Å²) in [5.74, 6) is 0.992. The van der Waals surface area contributed by atoms with Crippen molar-refractivity contribution in [3.8, 4) is 0 Å². The Kier molecular flexibility index (Phi) is 4.90. The number of rotatable bonds is 7. The van der Waals surface area contributed by atoms with Crippen molar-refractivity contribution >= 4 is 0 Å². The molecule has 2 heteroatoms. The summed E-state index contributed by atoms with van der Waals surface area (Å²) in [7, 11) is 4.31. The second-order valence-electron chi connectivity index (χ2n) is 4.84. The summed E-state index contributed by atoms with van der Waals surface area (Å²) in [6.45, 7) is 5.89. The van der Waals surface area contributed by atoms with Gasteiger partial charge in [-0.1, -0.05) is 0 Å². The van der Waals surface area contributed by atoms with Gasteiger partial charge in [-0.3, -0.25) is 0 Å². The molecule has 2 atom stereocenters. The summed E-state index contributed by atoms with van der Waals surface area (Å²) in [6, 6.07) is 1.53. The predicted octanol–water partition coefficient (Wildman–Crippen LogP) is 2.10. The summed E-state index contributed by atoms with van der Waals surface area (Å²) < 4.78 is 0.